The molecule has 3 rings (SSSR count). The van der Waals surface area contributed by atoms with Crippen LogP contribution in [0.1, 0.15) is 24.1 Å². The van der Waals surface area contributed by atoms with Gasteiger partial charge in [0.15, 0.2) is 0 Å². The molecule has 0 spiro atoms. The van der Waals surface area contributed by atoms with Crippen molar-refractivity contribution in [3.8, 4) is 5.75 Å². The van der Waals surface area contributed by atoms with E-state index in [4.69, 9.17) is 4.74 Å². The number of rotatable bonds is 4. The lowest BCUT2D eigenvalue weighted by Crippen LogP contribution is -2.42. The molecule has 0 aliphatic carbocycles. The maximum absolute atomic E-state index is 12.8. The molecule has 0 saturated carbocycles. The summed E-state index contributed by atoms with van der Waals surface area (Å²) in [4.78, 5) is 25.4. The Labute approximate surface area is 159 Å². The minimum absolute atomic E-state index is 0.0905. The van der Waals surface area contributed by atoms with Crippen molar-refractivity contribution in [1.82, 2.24) is 14.7 Å². The number of nitrogens with zero attached hydrogens (tertiary/aromatic N) is 3. The Balaban J connectivity index is 1.53. The van der Waals surface area contributed by atoms with Crippen LogP contribution in [0.5, 0.6) is 5.75 Å². The van der Waals surface area contributed by atoms with Gasteiger partial charge in [-0.1, -0.05) is 6.07 Å². The average Bonchev–Trinajstić information content (AvgIpc) is 2.65. The summed E-state index contributed by atoms with van der Waals surface area (Å²) in [7, 11) is 1.52. The third-order valence-corrected chi connectivity index (χ3v) is 4.61. The molecular weight excluding hydrogens is 375 g/mol. The van der Waals surface area contributed by atoms with Gasteiger partial charge in [-0.05, 0) is 24.3 Å². The van der Waals surface area contributed by atoms with Gasteiger partial charge in [0.2, 0.25) is 5.91 Å². The van der Waals surface area contributed by atoms with E-state index in [1.807, 2.05) is 0 Å². The van der Waals surface area contributed by atoms with Crippen molar-refractivity contribution in [2.75, 3.05) is 13.1 Å². The Morgan fingerprint density at radius 1 is 1.21 bits per heavy atom. The van der Waals surface area contributed by atoms with Crippen LogP contribution in [0.3, 0.4) is 0 Å². The van der Waals surface area contributed by atoms with Crippen molar-refractivity contribution in [3.63, 3.8) is 0 Å². The smallest absolute Gasteiger partial charge is 0.416 e. The molecule has 0 unspecified atom stereocenters. The van der Waals surface area contributed by atoms with Crippen molar-refractivity contribution < 1.29 is 22.7 Å². The molecule has 6 nitrogen and oxygen atoms in total. The zero-order valence-electron chi connectivity index (χ0n) is 15.3. The van der Waals surface area contributed by atoms with Crippen molar-refractivity contribution in [2.45, 2.75) is 31.5 Å². The summed E-state index contributed by atoms with van der Waals surface area (Å²) in [5.74, 6) is 0.0673. The number of alkyl halides is 3. The van der Waals surface area contributed by atoms with E-state index in [2.05, 4.69) is 5.10 Å². The van der Waals surface area contributed by atoms with E-state index in [-0.39, 0.29) is 29.7 Å². The first-order valence-electron chi connectivity index (χ1n) is 8.87. The van der Waals surface area contributed by atoms with Gasteiger partial charge in [-0.15, -0.1) is 0 Å². The van der Waals surface area contributed by atoms with E-state index in [1.54, 1.807) is 4.90 Å². The van der Waals surface area contributed by atoms with Crippen LogP contribution in [0.15, 0.2) is 41.2 Å². The molecule has 1 aromatic heterocycles. The summed E-state index contributed by atoms with van der Waals surface area (Å²) < 4.78 is 45.2. The number of piperidine rings is 1. The maximum Gasteiger partial charge on any atom is 0.416 e. The van der Waals surface area contributed by atoms with Crippen LogP contribution in [-0.2, 0) is 24.4 Å². The minimum atomic E-state index is -4.41. The van der Waals surface area contributed by atoms with Crippen molar-refractivity contribution in [1.29, 1.82) is 0 Å². The van der Waals surface area contributed by atoms with Crippen LogP contribution in [-0.4, -0.2) is 39.8 Å². The van der Waals surface area contributed by atoms with Gasteiger partial charge in [0.05, 0.1) is 17.7 Å². The Bertz CT molecular complexity index is 903. The molecule has 0 bridgehead atoms. The van der Waals surface area contributed by atoms with Crippen LogP contribution in [0.25, 0.3) is 0 Å². The second kappa shape index (κ2) is 8.04. The zero-order valence-corrected chi connectivity index (χ0v) is 15.3. The van der Waals surface area contributed by atoms with Crippen molar-refractivity contribution >= 4 is 5.91 Å². The lowest BCUT2D eigenvalue weighted by molar-refractivity contribution is -0.138. The summed E-state index contributed by atoms with van der Waals surface area (Å²) in [5.41, 5.74) is -0.486. The van der Waals surface area contributed by atoms with Crippen molar-refractivity contribution in [2.24, 2.45) is 7.05 Å². The molecule has 150 valence electrons. The highest BCUT2D eigenvalue weighted by atomic mass is 19.4. The van der Waals surface area contributed by atoms with E-state index < -0.39 is 11.7 Å². The molecule has 1 fully saturated rings. The molecule has 0 radical (unpaired) electrons. The first kappa shape index (κ1) is 19.9. The first-order valence-corrected chi connectivity index (χ1v) is 8.87. The Kier molecular flexibility index (Phi) is 5.71. The standard InChI is InChI=1S/C19H20F3N3O3/c1-24-17(26)6-5-14(23-24)12-18(27)25-9-7-15(8-10-25)28-16-4-2-3-13(11-16)19(20,21)22/h2-6,11,15H,7-10,12H2,1H3. The summed E-state index contributed by atoms with van der Waals surface area (Å²) in [6.07, 6.45) is -3.51. The number of ether oxygens (including phenoxy) is 1. The number of likely N-dealkylation sites (tertiary alicyclic amines) is 1. The van der Waals surface area contributed by atoms with Gasteiger partial charge in [0, 0.05) is 39.0 Å². The summed E-state index contributed by atoms with van der Waals surface area (Å²) >= 11 is 0. The van der Waals surface area contributed by atoms with Crippen LogP contribution >= 0.6 is 0 Å². The minimum Gasteiger partial charge on any atom is -0.490 e. The van der Waals surface area contributed by atoms with Gasteiger partial charge in [-0.2, -0.15) is 18.3 Å². The molecule has 1 amide bonds. The molecule has 1 aromatic carbocycles. The molecule has 1 saturated heterocycles. The number of halogens is 3. The lowest BCUT2D eigenvalue weighted by atomic mass is 10.1. The summed E-state index contributed by atoms with van der Waals surface area (Å²) in [6.45, 7) is 0.905. The fourth-order valence-corrected chi connectivity index (χ4v) is 3.07. The first-order chi connectivity index (χ1) is 13.2. The van der Waals surface area contributed by atoms with Gasteiger partial charge in [0.1, 0.15) is 11.9 Å². The molecule has 2 aromatic rings. The number of benzene rings is 1. The SMILES string of the molecule is Cn1nc(CC(=O)N2CCC(Oc3cccc(C(F)(F)F)c3)CC2)ccc1=O. The van der Waals surface area contributed by atoms with Gasteiger partial charge >= 0.3 is 6.18 Å². The van der Waals surface area contributed by atoms with Crippen LogP contribution in [0, 0.1) is 0 Å². The lowest BCUT2D eigenvalue weighted by Gasteiger charge is -2.32. The van der Waals surface area contributed by atoms with E-state index in [0.717, 1.165) is 12.1 Å². The Morgan fingerprint density at radius 3 is 2.57 bits per heavy atom. The third-order valence-electron chi connectivity index (χ3n) is 4.61. The topological polar surface area (TPSA) is 64.4 Å². The second-order valence-corrected chi connectivity index (χ2v) is 6.69. The molecule has 1 aliphatic heterocycles. The summed E-state index contributed by atoms with van der Waals surface area (Å²) in [6, 6.07) is 7.70. The van der Waals surface area contributed by atoms with E-state index in [0.29, 0.717) is 31.6 Å². The highest BCUT2D eigenvalue weighted by Gasteiger charge is 2.31. The number of aryl methyl sites for hydroxylation is 1. The highest BCUT2D eigenvalue weighted by molar-refractivity contribution is 5.78. The number of carbonyl (C=O) groups excluding carboxylic acids is 1. The third kappa shape index (κ3) is 4.90. The van der Waals surface area contributed by atoms with Crippen molar-refractivity contribution in [3.05, 3.63) is 58.0 Å². The fourth-order valence-electron chi connectivity index (χ4n) is 3.07. The van der Waals surface area contributed by atoms with Crippen LogP contribution in [0.4, 0.5) is 13.2 Å². The maximum atomic E-state index is 12.8. The second-order valence-electron chi connectivity index (χ2n) is 6.69. The molecule has 0 N–H and O–H groups in total. The van der Waals surface area contributed by atoms with Gasteiger partial charge in [-0.3, -0.25) is 9.59 Å². The van der Waals surface area contributed by atoms with E-state index >= 15 is 0 Å². The monoisotopic (exact) mass is 395 g/mol. The predicted molar refractivity (Wildman–Crippen MR) is 94.9 cm³/mol. The highest BCUT2D eigenvalue weighted by Crippen LogP contribution is 2.32. The largest absolute Gasteiger partial charge is 0.490 e. The Hall–Kier alpha value is -2.84. The Morgan fingerprint density at radius 2 is 1.93 bits per heavy atom. The van der Waals surface area contributed by atoms with Gasteiger partial charge in [-0.25, -0.2) is 4.68 Å². The number of hydrogen-bond acceptors (Lipinski definition) is 4. The molecule has 2 heterocycles. The molecular formula is C19H20F3N3O3. The van der Waals surface area contributed by atoms with Crippen LogP contribution in [0.2, 0.25) is 0 Å². The number of amides is 1. The van der Waals surface area contributed by atoms with Gasteiger partial charge in [0.25, 0.3) is 5.56 Å². The molecule has 1 aliphatic rings. The van der Waals surface area contributed by atoms with E-state index in [1.165, 1.54) is 36.0 Å². The number of aromatic nitrogens is 2. The quantitative estimate of drug-likeness (QED) is 0.798. The van der Waals surface area contributed by atoms with Gasteiger partial charge < -0.3 is 9.64 Å². The predicted octanol–water partition coefficient (Wildman–Crippen LogP) is 2.41. The number of carbonyl (C=O) groups is 1. The molecule has 9 heteroatoms. The van der Waals surface area contributed by atoms with Crippen LogP contribution < -0.4 is 10.3 Å². The molecule has 28 heavy (non-hydrogen) atoms. The zero-order chi connectivity index (χ0) is 20.3. The number of hydrogen-bond donors (Lipinski definition) is 0. The molecule has 0 atom stereocenters. The average molecular weight is 395 g/mol. The summed E-state index contributed by atoms with van der Waals surface area (Å²) in [5, 5.41) is 4.05. The fraction of sp³-hybridized carbons (Fsp3) is 0.421. The normalized spacial score (nSPS) is 15.5. The van der Waals surface area contributed by atoms with E-state index in [9.17, 15) is 22.8 Å².